The molecule has 1 N–H and O–H groups in total. The highest BCUT2D eigenvalue weighted by Crippen LogP contribution is 2.22. The van der Waals surface area contributed by atoms with E-state index in [1.54, 1.807) is 6.92 Å². The van der Waals surface area contributed by atoms with Crippen LogP contribution in [0.15, 0.2) is 0 Å². The molecule has 1 nitrogen and oxygen atoms in total. The highest BCUT2D eigenvalue weighted by atomic mass is 19.4. The zero-order valence-corrected chi connectivity index (χ0v) is 9.99. The summed E-state index contributed by atoms with van der Waals surface area (Å²) in [7, 11) is 0. The zero-order valence-electron chi connectivity index (χ0n) is 9.99. The molecule has 0 saturated carbocycles. The molecular weight excluding hydrogens is 203 g/mol. The van der Waals surface area contributed by atoms with Crippen LogP contribution >= 0.6 is 0 Å². The fourth-order valence-corrected chi connectivity index (χ4v) is 1.73. The quantitative estimate of drug-likeness (QED) is 0.726. The van der Waals surface area contributed by atoms with E-state index in [0.717, 1.165) is 12.8 Å². The first-order chi connectivity index (χ1) is 6.74. The standard InChI is InChI=1S/C11H22F3N/c1-5-8(2)6-9(3)15-10(4)7-11(12,13)14/h8-10,15H,5-7H2,1-4H3. The molecule has 0 fully saturated rings. The third-order valence-corrected chi connectivity index (χ3v) is 2.56. The van der Waals surface area contributed by atoms with E-state index in [9.17, 15) is 13.2 Å². The van der Waals surface area contributed by atoms with Gasteiger partial charge >= 0.3 is 6.18 Å². The van der Waals surface area contributed by atoms with Crippen molar-refractivity contribution in [3.8, 4) is 0 Å². The fraction of sp³-hybridized carbons (Fsp3) is 1.00. The van der Waals surface area contributed by atoms with Crippen LogP contribution in [0.25, 0.3) is 0 Å². The summed E-state index contributed by atoms with van der Waals surface area (Å²) < 4.78 is 36.1. The smallest absolute Gasteiger partial charge is 0.311 e. The Morgan fingerprint density at radius 2 is 1.60 bits per heavy atom. The molecule has 0 radical (unpaired) electrons. The van der Waals surface area contributed by atoms with Crippen LogP contribution in [-0.4, -0.2) is 18.3 Å². The molecule has 15 heavy (non-hydrogen) atoms. The Hall–Kier alpha value is -0.250. The number of hydrogen-bond donors (Lipinski definition) is 1. The second-order valence-electron chi connectivity index (χ2n) is 4.54. The molecule has 92 valence electrons. The fourth-order valence-electron chi connectivity index (χ4n) is 1.73. The molecule has 0 aliphatic carbocycles. The highest BCUT2D eigenvalue weighted by Gasteiger charge is 2.30. The Bertz CT molecular complexity index is 168. The van der Waals surface area contributed by atoms with Gasteiger partial charge in [-0.15, -0.1) is 0 Å². The second-order valence-corrected chi connectivity index (χ2v) is 4.54. The molecule has 3 unspecified atom stereocenters. The van der Waals surface area contributed by atoms with Crippen molar-refractivity contribution in [2.75, 3.05) is 0 Å². The molecule has 0 spiro atoms. The molecule has 0 amide bonds. The molecule has 0 bridgehead atoms. The molecule has 0 heterocycles. The van der Waals surface area contributed by atoms with Gasteiger partial charge in [-0.25, -0.2) is 0 Å². The lowest BCUT2D eigenvalue weighted by Gasteiger charge is -2.23. The topological polar surface area (TPSA) is 12.0 Å². The van der Waals surface area contributed by atoms with Crippen molar-refractivity contribution in [3.63, 3.8) is 0 Å². The van der Waals surface area contributed by atoms with Crippen molar-refractivity contribution in [2.45, 2.75) is 65.2 Å². The summed E-state index contributed by atoms with van der Waals surface area (Å²) >= 11 is 0. The monoisotopic (exact) mass is 225 g/mol. The predicted octanol–water partition coefficient (Wildman–Crippen LogP) is 3.74. The molecule has 0 aromatic heterocycles. The Kier molecular flexibility index (Phi) is 6.25. The zero-order chi connectivity index (χ0) is 12.1. The minimum atomic E-state index is -4.07. The average molecular weight is 225 g/mol. The van der Waals surface area contributed by atoms with Gasteiger partial charge in [-0.2, -0.15) is 13.2 Å². The summed E-state index contributed by atoms with van der Waals surface area (Å²) in [5.41, 5.74) is 0. The van der Waals surface area contributed by atoms with E-state index in [1.807, 2.05) is 6.92 Å². The molecule has 0 saturated heterocycles. The normalized spacial score (nSPS) is 18.6. The SMILES string of the molecule is CCC(C)CC(C)NC(C)CC(F)(F)F. The molecular formula is C11H22F3N. The Balaban J connectivity index is 3.81. The van der Waals surface area contributed by atoms with E-state index in [-0.39, 0.29) is 6.04 Å². The number of halogens is 3. The van der Waals surface area contributed by atoms with Gasteiger partial charge < -0.3 is 5.32 Å². The van der Waals surface area contributed by atoms with Crippen LogP contribution in [0.4, 0.5) is 13.2 Å². The summed E-state index contributed by atoms with van der Waals surface area (Å²) in [4.78, 5) is 0. The van der Waals surface area contributed by atoms with Gasteiger partial charge in [0.15, 0.2) is 0 Å². The minimum Gasteiger partial charge on any atom is -0.311 e. The van der Waals surface area contributed by atoms with E-state index < -0.39 is 18.6 Å². The maximum absolute atomic E-state index is 12.0. The van der Waals surface area contributed by atoms with Crippen LogP contribution in [0.2, 0.25) is 0 Å². The molecule has 0 rings (SSSR count). The summed E-state index contributed by atoms with van der Waals surface area (Å²) in [5.74, 6) is 0.561. The number of rotatable bonds is 6. The maximum Gasteiger partial charge on any atom is 0.390 e. The third kappa shape index (κ3) is 8.73. The van der Waals surface area contributed by atoms with Crippen molar-refractivity contribution in [2.24, 2.45) is 5.92 Å². The van der Waals surface area contributed by atoms with Gasteiger partial charge in [0, 0.05) is 12.1 Å². The predicted molar refractivity (Wildman–Crippen MR) is 56.8 cm³/mol. The van der Waals surface area contributed by atoms with E-state index in [2.05, 4.69) is 19.2 Å². The molecule has 0 aromatic rings. The van der Waals surface area contributed by atoms with Crippen molar-refractivity contribution in [1.29, 1.82) is 0 Å². The van der Waals surface area contributed by atoms with Crippen LogP contribution in [-0.2, 0) is 0 Å². The molecule has 0 aromatic carbocycles. The van der Waals surface area contributed by atoms with Crippen LogP contribution in [0.3, 0.4) is 0 Å². The lowest BCUT2D eigenvalue weighted by Crippen LogP contribution is -2.38. The van der Waals surface area contributed by atoms with Gasteiger partial charge in [0.25, 0.3) is 0 Å². The number of hydrogen-bond acceptors (Lipinski definition) is 1. The first-order valence-electron chi connectivity index (χ1n) is 5.57. The van der Waals surface area contributed by atoms with E-state index in [1.165, 1.54) is 0 Å². The lowest BCUT2D eigenvalue weighted by atomic mass is 10.00. The summed E-state index contributed by atoms with van der Waals surface area (Å²) in [6.45, 7) is 7.74. The van der Waals surface area contributed by atoms with Crippen molar-refractivity contribution in [3.05, 3.63) is 0 Å². The largest absolute Gasteiger partial charge is 0.390 e. The highest BCUT2D eigenvalue weighted by molar-refractivity contribution is 4.72. The first kappa shape index (κ1) is 14.8. The maximum atomic E-state index is 12.0. The molecule has 3 atom stereocenters. The third-order valence-electron chi connectivity index (χ3n) is 2.56. The van der Waals surface area contributed by atoms with Gasteiger partial charge in [-0.05, 0) is 26.2 Å². The van der Waals surface area contributed by atoms with Crippen LogP contribution in [0.1, 0.15) is 47.0 Å². The average Bonchev–Trinajstić information content (AvgIpc) is 1.99. The van der Waals surface area contributed by atoms with Crippen LogP contribution < -0.4 is 5.32 Å². The lowest BCUT2D eigenvalue weighted by molar-refractivity contribution is -0.139. The number of nitrogens with one attached hydrogen (secondary N) is 1. The van der Waals surface area contributed by atoms with Gasteiger partial charge in [-0.1, -0.05) is 20.3 Å². The van der Waals surface area contributed by atoms with E-state index in [4.69, 9.17) is 0 Å². The summed E-state index contributed by atoms with van der Waals surface area (Å²) in [6.07, 6.45) is -2.82. The van der Waals surface area contributed by atoms with E-state index >= 15 is 0 Å². The first-order valence-corrected chi connectivity index (χ1v) is 5.57. The van der Waals surface area contributed by atoms with Gasteiger partial charge in [-0.3, -0.25) is 0 Å². The van der Waals surface area contributed by atoms with Crippen molar-refractivity contribution < 1.29 is 13.2 Å². The Morgan fingerprint density at radius 3 is 2.00 bits per heavy atom. The molecule has 4 heteroatoms. The Morgan fingerprint density at radius 1 is 1.07 bits per heavy atom. The molecule has 0 aliphatic rings. The summed E-state index contributed by atoms with van der Waals surface area (Å²) in [5, 5.41) is 2.98. The van der Waals surface area contributed by atoms with Crippen molar-refractivity contribution in [1.82, 2.24) is 5.32 Å². The van der Waals surface area contributed by atoms with Gasteiger partial charge in [0.1, 0.15) is 0 Å². The second kappa shape index (κ2) is 6.36. The number of alkyl halides is 3. The van der Waals surface area contributed by atoms with Gasteiger partial charge in [0.05, 0.1) is 6.42 Å². The van der Waals surface area contributed by atoms with Crippen molar-refractivity contribution >= 4 is 0 Å². The summed E-state index contributed by atoms with van der Waals surface area (Å²) in [6, 6.07) is -0.346. The van der Waals surface area contributed by atoms with Crippen LogP contribution in [0, 0.1) is 5.92 Å². The van der Waals surface area contributed by atoms with Gasteiger partial charge in [0.2, 0.25) is 0 Å². The molecule has 0 aliphatic heterocycles. The Labute approximate surface area is 90.4 Å². The van der Waals surface area contributed by atoms with Crippen LogP contribution in [0.5, 0.6) is 0 Å². The van der Waals surface area contributed by atoms with E-state index in [0.29, 0.717) is 5.92 Å². The minimum absolute atomic E-state index is 0.150.